The van der Waals surface area contributed by atoms with E-state index in [9.17, 15) is 9.59 Å². The van der Waals surface area contributed by atoms with Gasteiger partial charge in [-0.1, -0.05) is 25.4 Å². The second-order valence-corrected chi connectivity index (χ2v) is 9.58. The fraction of sp³-hybridized carbons (Fsp3) is 0.500. The predicted molar refractivity (Wildman–Crippen MR) is 124 cm³/mol. The lowest BCUT2D eigenvalue weighted by atomic mass is 10.0. The van der Waals surface area contributed by atoms with Gasteiger partial charge in [-0.15, -0.1) is 11.3 Å². The van der Waals surface area contributed by atoms with Crippen molar-refractivity contribution >= 4 is 39.9 Å². The number of aromatic nitrogens is 1. The van der Waals surface area contributed by atoms with E-state index in [1.165, 1.54) is 11.3 Å². The Labute approximate surface area is 192 Å². The van der Waals surface area contributed by atoms with Crippen molar-refractivity contribution in [3.63, 3.8) is 0 Å². The van der Waals surface area contributed by atoms with Crippen LogP contribution in [0.25, 0.3) is 0 Å². The van der Waals surface area contributed by atoms with E-state index < -0.39 is 6.04 Å². The van der Waals surface area contributed by atoms with Gasteiger partial charge in [0.1, 0.15) is 6.04 Å². The molecule has 2 aromatic rings. The Morgan fingerprint density at radius 2 is 1.87 bits per heavy atom. The van der Waals surface area contributed by atoms with E-state index in [-0.39, 0.29) is 29.9 Å². The van der Waals surface area contributed by atoms with E-state index in [0.29, 0.717) is 22.3 Å². The van der Waals surface area contributed by atoms with Crippen molar-refractivity contribution in [1.82, 2.24) is 15.2 Å². The Morgan fingerprint density at radius 3 is 2.48 bits per heavy atom. The van der Waals surface area contributed by atoms with Crippen molar-refractivity contribution in [2.75, 3.05) is 18.4 Å². The van der Waals surface area contributed by atoms with Crippen molar-refractivity contribution in [1.29, 1.82) is 0 Å². The zero-order chi connectivity index (χ0) is 22.5. The number of morpholine rings is 1. The number of carbonyl (C=O) groups is 2. The van der Waals surface area contributed by atoms with Crippen LogP contribution in [0.15, 0.2) is 29.6 Å². The molecule has 2 N–H and O–H groups in total. The van der Waals surface area contributed by atoms with E-state index in [0.717, 1.165) is 18.8 Å². The molecule has 2 heterocycles. The molecule has 9 heteroatoms. The van der Waals surface area contributed by atoms with Crippen molar-refractivity contribution in [3.8, 4) is 0 Å². The molecule has 0 aliphatic carbocycles. The molecule has 1 aromatic carbocycles. The molecule has 0 saturated carbocycles. The number of hydrogen-bond donors (Lipinski definition) is 2. The van der Waals surface area contributed by atoms with Crippen LogP contribution in [0.3, 0.4) is 0 Å². The van der Waals surface area contributed by atoms with Crippen molar-refractivity contribution in [3.05, 3.63) is 45.9 Å². The van der Waals surface area contributed by atoms with Gasteiger partial charge in [-0.2, -0.15) is 0 Å². The molecule has 3 rings (SSSR count). The van der Waals surface area contributed by atoms with Gasteiger partial charge < -0.3 is 15.4 Å². The van der Waals surface area contributed by atoms with E-state index in [1.54, 1.807) is 24.3 Å². The first-order valence-corrected chi connectivity index (χ1v) is 11.7. The Kier molecular flexibility index (Phi) is 8.05. The number of nitrogens with zero attached hydrogens (tertiary/aromatic N) is 2. The van der Waals surface area contributed by atoms with Crippen LogP contribution in [-0.2, 0) is 16.1 Å². The number of nitrogens with one attached hydrogen (secondary N) is 2. The van der Waals surface area contributed by atoms with Gasteiger partial charge in [-0.05, 0) is 44.0 Å². The van der Waals surface area contributed by atoms with E-state index in [2.05, 4.69) is 34.4 Å². The first-order valence-electron chi connectivity index (χ1n) is 10.4. The highest BCUT2D eigenvalue weighted by molar-refractivity contribution is 7.13. The third-order valence-electron chi connectivity index (χ3n) is 5.00. The van der Waals surface area contributed by atoms with Crippen LogP contribution in [0.5, 0.6) is 0 Å². The summed E-state index contributed by atoms with van der Waals surface area (Å²) in [6.45, 7) is 10.3. The molecule has 1 aliphatic heterocycles. The summed E-state index contributed by atoms with van der Waals surface area (Å²) >= 11 is 7.27. The summed E-state index contributed by atoms with van der Waals surface area (Å²) in [6, 6.07) is 5.87. The largest absolute Gasteiger partial charge is 0.373 e. The summed E-state index contributed by atoms with van der Waals surface area (Å²) in [4.78, 5) is 32.3. The molecule has 0 bridgehead atoms. The highest BCUT2D eigenvalue weighted by Gasteiger charge is 2.26. The highest BCUT2D eigenvalue weighted by atomic mass is 35.5. The highest BCUT2D eigenvalue weighted by Crippen LogP contribution is 2.20. The molecule has 2 amide bonds. The maximum atomic E-state index is 12.9. The van der Waals surface area contributed by atoms with E-state index in [1.807, 2.05) is 19.2 Å². The van der Waals surface area contributed by atoms with Crippen LogP contribution < -0.4 is 10.6 Å². The first kappa shape index (κ1) is 23.7. The smallest absolute Gasteiger partial charge is 0.251 e. The average Bonchev–Trinajstić information content (AvgIpc) is 3.11. The number of benzene rings is 1. The topological polar surface area (TPSA) is 83.6 Å². The number of hydrogen-bond acceptors (Lipinski definition) is 6. The number of rotatable bonds is 7. The van der Waals surface area contributed by atoms with Crippen LogP contribution in [0, 0.1) is 5.92 Å². The third kappa shape index (κ3) is 6.74. The minimum absolute atomic E-state index is 0.0907. The Morgan fingerprint density at radius 1 is 1.23 bits per heavy atom. The van der Waals surface area contributed by atoms with Gasteiger partial charge in [0.15, 0.2) is 5.13 Å². The maximum absolute atomic E-state index is 12.9. The first-order chi connectivity index (χ1) is 14.7. The van der Waals surface area contributed by atoms with Gasteiger partial charge in [0.25, 0.3) is 5.91 Å². The summed E-state index contributed by atoms with van der Waals surface area (Å²) in [5.41, 5.74) is 1.36. The molecule has 0 unspecified atom stereocenters. The van der Waals surface area contributed by atoms with Gasteiger partial charge in [0.2, 0.25) is 5.91 Å². The summed E-state index contributed by atoms with van der Waals surface area (Å²) < 4.78 is 5.77. The molecular formula is C22H29ClN4O3S. The number of ether oxygens (including phenoxy) is 1. The predicted octanol–water partition coefficient (Wildman–Crippen LogP) is 3.80. The molecule has 1 aromatic heterocycles. The molecule has 3 atom stereocenters. The normalized spacial score (nSPS) is 20.5. The zero-order valence-electron chi connectivity index (χ0n) is 18.2. The van der Waals surface area contributed by atoms with E-state index in [4.69, 9.17) is 16.3 Å². The van der Waals surface area contributed by atoms with Crippen molar-refractivity contribution in [2.45, 2.75) is 52.5 Å². The lowest BCUT2D eigenvalue weighted by molar-refractivity contribution is -0.118. The second-order valence-electron chi connectivity index (χ2n) is 8.29. The number of amides is 2. The second kappa shape index (κ2) is 10.5. The summed E-state index contributed by atoms with van der Waals surface area (Å²) in [7, 11) is 0. The third-order valence-corrected chi connectivity index (χ3v) is 6.06. The molecule has 1 fully saturated rings. The van der Waals surface area contributed by atoms with Crippen LogP contribution in [0.2, 0.25) is 5.02 Å². The molecule has 168 valence electrons. The maximum Gasteiger partial charge on any atom is 0.251 e. The molecule has 31 heavy (non-hydrogen) atoms. The fourth-order valence-electron chi connectivity index (χ4n) is 3.62. The average molecular weight is 465 g/mol. The van der Waals surface area contributed by atoms with Gasteiger partial charge in [-0.3, -0.25) is 14.5 Å². The molecule has 1 saturated heterocycles. The fourth-order valence-corrected chi connectivity index (χ4v) is 4.45. The number of carbonyl (C=O) groups excluding carboxylic acids is 2. The number of thiazole rings is 1. The van der Waals surface area contributed by atoms with Crippen molar-refractivity contribution < 1.29 is 14.3 Å². The lowest BCUT2D eigenvalue weighted by Gasteiger charge is -2.34. The van der Waals surface area contributed by atoms with Crippen LogP contribution in [0.4, 0.5) is 5.13 Å². The Balaban J connectivity index is 1.59. The molecule has 0 spiro atoms. The molecule has 1 aliphatic rings. The quantitative estimate of drug-likeness (QED) is 0.651. The molecule has 0 radical (unpaired) electrons. The van der Waals surface area contributed by atoms with Crippen LogP contribution in [-0.4, -0.2) is 53.0 Å². The Hall–Kier alpha value is -2.00. The number of halogens is 1. The summed E-state index contributed by atoms with van der Waals surface area (Å²) in [6.07, 6.45) is 0.384. The van der Waals surface area contributed by atoms with Gasteiger partial charge in [0, 0.05) is 35.6 Å². The standard InChI is InChI=1S/C22H29ClN4O3S/c1-13(2)19(25-20(28)16-5-7-17(23)8-6-16)21(29)26-22-24-18(12-31-22)11-27-9-14(3)30-15(4)10-27/h5-8,12-15,19H,9-11H2,1-4H3,(H,25,28)(H,24,26,29)/t14-,15-,19-/m1/s1. The SMILES string of the molecule is CC(C)[C@@H](NC(=O)c1ccc(Cl)cc1)C(=O)Nc1nc(CN2C[C@@H](C)O[C@H](C)C2)cs1. The molecular weight excluding hydrogens is 436 g/mol. The monoisotopic (exact) mass is 464 g/mol. The van der Waals surface area contributed by atoms with E-state index >= 15 is 0 Å². The van der Waals surface area contributed by atoms with Crippen molar-refractivity contribution in [2.24, 2.45) is 5.92 Å². The minimum Gasteiger partial charge on any atom is -0.373 e. The van der Waals surface area contributed by atoms with Gasteiger partial charge >= 0.3 is 0 Å². The lowest BCUT2D eigenvalue weighted by Crippen LogP contribution is -2.47. The summed E-state index contributed by atoms with van der Waals surface area (Å²) in [5.74, 6) is -0.695. The minimum atomic E-state index is -0.684. The molecule has 7 nitrogen and oxygen atoms in total. The summed E-state index contributed by atoms with van der Waals surface area (Å²) in [5, 5.41) is 8.70. The van der Waals surface area contributed by atoms with Gasteiger partial charge in [-0.25, -0.2) is 4.98 Å². The zero-order valence-corrected chi connectivity index (χ0v) is 19.8. The number of anilines is 1. The van der Waals surface area contributed by atoms with Crippen LogP contribution in [0.1, 0.15) is 43.7 Å². The Bertz CT molecular complexity index is 892. The van der Waals surface area contributed by atoms with Gasteiger partial charge in [0.05, 0.1) is 17.9 Å². The van der Waals surface area contributed by atoms with Crippen LogP contribution >= 0.6 is 22.9 Å².